The number of ether oxygens (including phenoxy) is 3. The van der Waals surface area contributed by atoms with E-state index >= 15 is 0 Å². The molecule has 4 heterocycles. The molecular formula is C53H74N8O9. The van der Waals surface area contributed by atoms with Crippen molar-refractivity contribution in [1.29, 1.82) is 0 Å². The quantitative estimate of drug-likeness (QED) is 0.168. The van der Waals surface area contributed by atoms with Crippen LogP contribution in [0.3, 0.4) is 0 Å². The Kier molecular flexibility index (Phi) is 16.5. The van der Waals surface area contributed by atoms with Crippen LogP contribution in [0.2, 0.25) is 0 Å². The number of amides is 6. The molecule has 1 aliphatic carbocycles. The van der Waals surface area contributed by atoms with Crippen molar-refractivity contribution in [3.8, 4) is 0 Å². The summed E-state index contributed by atoms with van der Waals surface area (Å²) in [4.78, 5) is 87.8. The molecule has 7 rings (SSSR count). The minimum Gasteiger partial charge on any atom is -0.453 e. The summed E-state index contributed by atoms with van der Waals surface area (Å²) in [6.45, 7) is 15.5. The molecule has 6 amide bonds. The number of rotatable bonds is 13. The van der Waals surface area contributed by atoms with Gasteiger partial charge in [0.1, 0.15) is 24.2 Å². The van der Waals surface area contributed by atoms with E-state index in [0.29, 0.717) is 76.2 Å². The molecular weight excluding hydrogens is 893 g/mol. The smallest absolute Gasteiger partial charge is 0.407 e. The van der Waals surface area contributed by atoms with Crippen molar-refractivity contribution < 1.29 is 43.0 Å². The van der Waals surface area contributed by atoms with E-state index in [4.69, 9.17) is 14.2 Å². The number of carbonyl (C=O) groups excluding carboxylic acids is 6. The van der Waals surface area contributed by atoms with E-state index in [0.717, 1.165) is 42.9 Å². The Hall–Kier alpha value is -6.10. The first-order valence-electron chi connectivity index (χ1n) is 25.0. The second-order valence-electron chi connectivity index (χ2n) is 21.5. The maximum Gasteiger partial charge on any atom is 0.407 e. The van der Waals surface area contributed by atoms with E-state index in [2.05, 4.69) is 79.6 Å². The van der Waals surface area contributed by atoms with Gasteiger partial charge in [0.2, 0.25) is 23.6 Å². The topological polar surface area (TPSA) is 191 Å². The lowest BCUT2D eigenvalue weighted by Crippen LogP contribution is -2.57. The van der Waals surface area contributed by atoms with E-state index in [1.807, 2.05) is 59.8 Å². The predicted molar refractivity (Wildman–Crippen MR) is 268 cm³/mol. The van der Waals surface area contributed by atoms with Crippen LogP contribution in [0.15, 0.2) is 72.5 Å². The molecule has 2 aromatic rings. The monoisotopic (exact) mass is 967 g/mol. The lowest BCUT2D eigenvalue weighted by atomic mass is 9.85. The van der Waals surface area contributed by atoms with Crippen LogP contribution in [-0.4, -0.2) is 129 Å². The minimum atomic E-state index is -0.862. The van der Waals surface area contributed by atoms with Crippen LogP contribution < -0.4 is 31.1 Å². The summed E-state index contributed by atoms with van der Waals surface area (Å²) in [5, 5.41) is 11.6. The first-order valence-corrected chi connectivity index (χ1v) is 25.0. The summed E-state index contributed by atoms with van der Waals surface area (Å²) >= 11 is 0. The maximum atomic E-state index is 13.9. The Morgan fingerprint density at radius 3 is 1.86 bits per heavy atom. The fourth-order valence-corrected chi connectivity index (χ4v) is 10.7. The number of morpholine rings is 1. The van der Waals surface area contributed by atoms with Gasteiger partial charge in [-0.3, -0.25) is 19.2 Å². The third-order valence-electron chi connectivity index (χ3n) is 14.2. The second kappa shape index (κ2) is 22.3. The predicted octanol–water partition coefficient (Wildman–Crippen LogP) is 6.66. The number of hydrogen-bond donors (Lipinski definition) is 4. The number of carbonyl (C=O) groups is 6. The zero-order valence-electron chi connectivity index (χ0n) is 42.3. The molecule has 7 atom stereocenters. The van der Waals surface area contributed by atoms with Crippen molar-refractivity contribution >= 4 is 52.9 Å². The summed E-state index contributed by atoms with van der Waals surface area (Å²) in [5.41, 5.74) is 3.84. The number of alkyl carbamates (subject to hydrolysis) is 2. The lowest BCUT2D eigenvalue weighted by Gasteiger charge is -2.37. The average Bonchev–Trinajstić information content (AvgIpc) is 4.14. The molecule has 7 unspecified atom stereocenters. The zero-order valence-corrected chi connectivity index (χ0v) is 42.3. The maximum absolute atomic E-state index is 13.9. The molecule has 4 fully saturated rings. The Bertz CT molecular complexity index is 2260. The summed E-state index contributed by atoms with van der Waals surface area (Å²) in [5.74, 6) is -0.971. The highest BCUT2D eigenvalue weighted by Gasteiger charge is 2.44. The van der Waals surface area contributed by atoms with Gasteiger partial charge in [-0.1, -0.05) is 65.8 Å². The second-order valence-corrected chi connectivity index (χ2v) is 21.5. The van der Waals surface area contributed by atoms with E-state index in [1.54, 1.807) is 9.80 Å². The average molecular weight is 967 g/mol. The molecule has 4 saturated heterocycles. The molecule has 17 nitrogen and oxygen atoms in total. The fraction of sp³-hybridized carbons (Fsp3) is 0.585. The van der Waals surface area contributed by atoms with Crippen molar-refractivity contribution in [2.45, 2.75) is 129 Å². The zero-order chi connectivity index (χ0) is 50.3. The van der Waals surface area contributed by atoms with Crippen LogP contribution in [0.25, 0.3) is 0 Å². The molecule has 2 aromatic carbocycles. The molecule has 4 aliphatic heterocycles. The van der Waals surface area contributed by atoms with Gasteiger partial charge >= 0.3 is 12.2 Å². The van der Waals surface area contributed by atoms with Crippen molar-refractivity contribution in [3.63, 3.8) is 0 Å². The number of benzene rings is 2. The molecule has 0 radical (unpaired) electrons. The van der Waals surface area contributed by atoms with Crippen molar-refractivity contribution in [1.82, 2.24) is 25.8 Å². The highest BCUT2D eigenvalue weighted by molar-refractivity contribution is 5.99. The van der Waals surface area contributed by atoms with Gasteiger partial charge in [0.25, 0.3) is 0 Å². The van der Waals surface area contributed by atoms with Gasteiger partial charge in [-0.2, -0.15) is 0 Å². The van der Waals surface area contributed by atoms with Gasteiger partial charge in [-0.25, -0.2) is 9.59 Å². The summed E-state index contributed by atoms with van der Waals surface area (Å²) < 4.78 is 15.2. The minimum absolute atomic E-state index is 0.0453. The van der Waals surface area contributed by atoms with Gasteiger partial charge in [0.15, 0.2) is 0 Å². The molecule has 380 valence electrons. The van der Waals surface area contributed by atoms with Crippen LogP contribution in [0, 0.1) is 16.7 Å². The fourth-order valence-electron chi connectivity index (χ4n) is 10.7. The van der Waals surface area contributed by atoms with Gasteiger partial charge in [0, 0.05) is 60.9 Å². The molecule has 0 bridgehead atoms. The number of nitrogens with one attached hydrogen (secondary N) is 4. The van der Waals surface area contributed by atoms with Crippen LogP contribution in [-0.2, 0) is 33.4 Å². The highest BCUT2D eigenvalue weighted by atomic mass is 16.5. The van der Waals surface area contributed by atoms with Gasteiger partial charge < -0.3 is 55.1 Å². The molecule has 0 aromatic heterocycles. The number of methoxy groups -OCH3 is 2. The molecule has 17 heteroatoms. The van der Waals surface area contributed by atoms with E-state index in [9.17, 15) is 28.8 Å². The summed E-state index contributed by atoms with van der Waals surface area (Å²) in [6, 6.07) is 14.0. The summed E-state index contributed by atoms with van der Waals surface area (Å²) in [7, 11) is 2.52. The molecule has 4 N–H and O–H groups in total. The van der Waals surface area contributed by atoms with Crippen molar-refractivity contribution in [2.24, 2.45) is 16.7 Å². The number of hydrogen-bond acceptors (Lipinski definition) is 11. The van der Waals surface area contributed by atoms with Crippen molar-refractivity contribution in [3.05, 3.63) is 78.0 Å². The van der Waals surface area contributed by atoms with Gasteiger partial charge in [0.05, 0.1) is 33.5 Å². The Labute approximate surface area is 413 Å². The first kappa shape index (κ1) is 51.7. The summed E-state index contributed by atoms with van der Waals surface area (Å²) in [6.07, 6.45) is 10.2. The van der Waals surface area contributed by atoms with Gasteiger partial charge in [-0.15, -0.1) is 0 Å². The lowest BCUT2D eigenvalue weighted by molar-refractivity contribution is -0.141. The third-order valence-corrected chi connectivity index (χ3v) is 14.2. The highest BCUT2D eigenvalue weighted by Crippen LogP contribution is 2.45. The van der Waals surface area contributed by atoms with Crippen LogP contribution in [0.5, 0.6) is 0 Å². The van der Waals surface area contributed by atoms with Crippen LogP contribution in [0.4, 0.5) is 26.7 Å². The van der Waals surface area contributed by atoms with Crippen LogP contribution in [0.1, 0.15) is 105 Å². The standard InChI is InChI=1S/C53H74N8O9/c1-52(2,3)33-40(56-50(66)68-7)48(64)59-27-9-11-43(59)46(62)54-36-17-13-34(14-18-36)41-25-26-42(61(41)39-23-21-38(22-24-39)58-29-31-70-32-30-58)35-15-19-37(20-16-35)55-47(63)44-12-10-28-60(44)49(65)45(53(4,5)6)57-51(67)69-8/h13-15,17-24,35,40-45H,9-12,16,25-33H2,1-8H3,(H,54,62)(H,55,63)(H,56,66)(H,57,67). The van der Waals surface area contributed by atoms with E-state index in [1.165, 1.54) is 14.2 Å². The Morgan fingerprint density at radius 1 is 0.700 bits per heavy atom. The van der Waals surface area contributed by atoms with E-state index in [-0.39, 0.29) is 47.0 Å². The molecule has 0 saturated carbocycles. The number of nitrogens with zero attached hydrogens (tertiary/aromatic N) is 4. The van der Waals surface area contributed by atoms with E-state index < -0.39 is 41.8 Å². The first-order chi connectivity index (χ1) is 33.3. The normalized spacial score (nSPS) is 23.5. The Balaban J connectivity index is 1.04. The van der Waals surface area contributed by atoms with Crippen molar-refractivity contribution in [2.75, 3.05) is 68.7 Å². The number of allylic oxidation sites excluding steroid dienone is 2. The van der Waals surface area contributed by atoms with Gasteiger partial charge in [-0.05, 0) is 110 Å². The molecule has 70 heavy (non-hydrogen) atoms. The molecule has 5 aliphatic rings. The SMILES string of the molecule is COC(=O)NC(CC(C)(C)C)C(=O)N1CCCC1C(=O)Nc1ccc(C2CCC(C3C=CC(NC(=O)C4CCCN4C(=O)C(NC(=O)OC)C(C)(C)C)=CC3)N2c2ccc(N3CCOCC3)cc2)cc1. The Morgan fingerprint density at radius 2 is 1.29 bits per heavy atom. The number of anilines is 3. The number of likely N-dealkylation sites (tertiary alicyclic amines) is 2. The third kappa shape index (κ3) is 12.4. The van der Waals surface area contributed by atoms with Crippen LogP contribution >= 0.6 is 0 Å². The molecule has 0 spiro atoms. The largest absolute Gasteiger partial charge is 0.453 e.